The topological polar surface area (TPSA) is 84.0 Å². The van der Waals surface area contributed by atoms with E-state index in [1.165, 1.54) is 18.2 Å². The Morgan fingerprint density at radius 3 is 2.62 bits per heavy atom. The van der Waals surface area contributed by atoms with E-state index < -0.39 is 21.4 Å². The van der Waals surface area contributed by atoms with Crippen molar-refractivity contribution < 1.29 is 12.8 Å². The van der Waals surface area contributed by atoms with E-state index in [1.54, 1.807) is 6.07 Å². The summed E-state index contributed by atoms with van der Waals surface area (Å²) in [6, 6.07) is 9.74. The summed E-state index contributed by atoms with van der Waals surface area (Å²) in [6.07, 6.45) is 0. The molecule has 2 rings (SSSR count). The molecule has 0 unspecified atom stereocenters. The summed E-state index contributed by atoms with van der Waals surface area (Å²) in [5, 5.41) is 8.98. The standard InChI is InChI=1S/C14H10BrFN2O2S/c15-11-2-4-13(18)14(6-11)21(19,20)8-10-5-12(16)3-1-9(10)7-17/h1-6H,8,18H2. The van der Waals surface area contributed by atoms with E-state index in [0.29, 0.717) is 4.47 Å². The lowest BCUT2D eigenvalue weighted by Gasteiger charge is -2.09. The molecule has 2 N–H and O–H groups in total. The minimum Gasteiger partial charge on any atom is -0.398 e. The largest absolute Gasteiger partial charge is 0.398 e. The van der Waals surface area contributed by atoms with Crippen LogP contribution in [0.3, 0.4) is 0 Å². The fraction of sp³-hybridized carbons (Fsp3) is 0.0714. The van der Waals surface area contributed by atoms with Gasteiger partial charge in [0.05, 0.1) is 28.0 Å². The molecule has 0 saturated heterocycles. The molecule has 108 valence electrons. The number of anilines is 1. The van der Waals surface area contributed by atoms with Gasteiger partial charge < -0.3 is 5.73 Å². The van der Waals surface area contributed by atoms with Gasteiger partial charge in [-0.25, -0.2) is 12.8 Å². The number of benzene rings is 2. The number of nitriles is 1. The van der Waals surface area contributed by atoms with E-state index in [-0.39, 0.29) is 21.7 Å². The van der Waals surface area contributed by atoms with Crippen LogP contribution in [0.15, 0.2) is 45.8 Å². The fourth-order valence-corrected chi connectivity index (χ4v) is 3.90. The summed E-state index contributed by atoms with van der Waals surface area (Å²) >= 11 is 3.18. The van der Waals surface area contributed by atoms with E-state index in [4.69, 9.17) is 11.0 Å². The maximum atomic E-state index is 13.3. The zero-order chi connectivity index (χ0) is 15.6. The molecule has 0 amide bonds. The molecule has 0 spiro atoms. The fourth-order valence-electron chi connectivity index (χ4n) is 1.85. The third-order valence-electron chi connectivity index (χ3n) is 2.84. The van der Waals surface area contributed by atoms with E-state index >= 15 is 0 Å². The van der Waals surface area contributed by atoms with Crippen LogP contribution in [0.1, 0.15) is 11.1 Å². The third kappa shape index (κ3) is 3.40. The Bertz CT molecular complexity index is 845. The van der Waals surface area contributed by atoms with Crippen LogP contribution in [-0.2, 0) is 15.6 Å². The highest BCUT2D eigenvalue weighted by atomic mass is 79.9. The summed E-state index contributed by atoms with van der Waals surface area (Å²) < 4.78 is 38.7. The Morgan fingerprint density at radius 1 is 1.24 bits per heavy atom. The molecule has 0 fully saturated rings. The Hall–Kier alpha value is -1.91. The van der Waals surface area contributed by atoms with Crippen molar-refractivity contribution in [3.63, 3.8) is 0 Å². The molecule has 0 atom stereocenters. The quantitative estimate of drug-likeness (QED) is 0.843. The average molecular weight is 369 g/mol. The van der Waals surface area contributed by atoms with Gasteiger partial charge in [0.15, 0.2) is 9.84 Å². The van der Waals surface area contributed by atoms with Crippen LogP contribution < -0.4 is 5.73 Å². The summed E-state index contributed by atoms with van der Waals surface area (Å²) in [4.78, 5) is -0.0509. The average Bonchev–Trinajstić information content (AvgIpc) is 2.41. The summed E-state index contributed by atoms with van der Waals surface area (Å²) in [5.41, 5.74) is 6.02. The highest BCUT2D eigenvalue weighted by Gasteiger charge is 2.21. The molecule has 0 saturated carbocycles. The number of hydrogen-bond acceptors (Lipinski definition) is 4. The first kappa shape index (κ1) is 15.5. The lowest BCUT2D eigenvalue weighted by atomic mass is 10.1. The molecule has 0 aliphatic rings. The van der Waals surface area contributed by atoms with Crippen molar-refractivity contribution in [3.05, 3.63) is 57.8 Å². The first-order valence-corrected chi connectivity index (χ1v) is 8.24. The third-order valence-corrected chi connectivity index (χ3v) is 5.05. The van der Waals surface area contributed by atoms with Crippen LogP contribution in [0.25, 0.3) is 0 Å². The monoisotopic (exact) mass is 368 g/mol. The number of nitrogen functional groups attached to an aromatic ring is 1. The maximum Gasteiger partial charge on any atom is 0.184 e. The predicted octanol–water partition coefficient (Wildman–Crippen LogP) is 3.02. The molecule has 7 heteroatoms. The molecule has 0 aromatic heterocycles. The Balaban J connectivity index is 2.50. The van der Waals surface area contributed by atoms with Crippen LogP contribution in [0.2, 0.25) is 0 Å². The van der Waals surface area contributed by atoms with Gasteiger partial charge in [-0.2, -0.15) is 5.26 Å². The molecule has 0 bridgehead atoms. The van der Waals surface area contributed by atoms with Crippen molar-refractivity contribution in [2.24, 2.45) is 0 Å². The van der Waals surface area contributed by atoms with E-state index in [9.17, 15) is 12.8 Å². The maximum absolute atomic E-state index is 13.3. The van der Waals surface area contributed by atoms with Crippen LogP contribution in [-0.4, -0.2) is 8.42 Å². The number of nitrogens with two attached hydrogens (primary N) is 1. The summed E-state index contributed by atoms with van der Waals surface area (Å²) in [6.45, 7) is 0. The van der Waals surface area contributed by atoms with Crippen LogP contribution in [0.4, 0.5) is 10.1 Å². The van der Waals surface area contributed by atoms with Crippen molar-refractivity contribution >= 4 is 31.5 Å². The molecular formula is C14H10BrFN2O2S. The number of hydrogen-bond donors (Lipinski definition) is 1. The molecule has 0 heterocycles. The minimum atomic E-state index is -3.79. The van der Waals surface area contributed by atoms with Gasteiger partial charge in [-0.3, -0.25) is 0 Å². The summed E-state index contributed by atoms with van der Waals surface area (Å²) in [5.74, 6) is -1.09. The molecule has 4 nitrogen and oxygen atoms in total. The van der Waals surface area contributed by atoms with E-state index in [2.05, 4.69) is 15.9 Å². The Labute approximate surface area is 130 Å². The first-order chi connectivity index (χ1) is 9.83. The molecule has 0 aliphatic carbocycles. The molecule has 0 radical (unpaired) electrons. The van der Waals surface area contributed by atoms with Crippen LogP contribution >= 0.6 is 15.9 Å². The minimum absolute atomic E-state index is 0.0509. The van der Waals surface area contributed by atoms with Crippen molar-refractivity contribution in [3.8, 4) is 6.07 Å². The first-order valence-electron chi connectivity index (χ1n) is 5.80. The van der Waals surface area contributed by atoms with Crippen molar-refractivity contribution in [2.45, 2.75) is 10.6 Å². The van der Waals surface area contributed by atoms with Crippen LogP contribution in [0, 0.1) is 17.1 Å². The SMILES string of the molecule is N#Cc1ccc(F)cc1CS(=O)(=O)c1cc(Br)ccc1N. The van der Waals surface area contributed by atoms with Crippen molar-refractivity contribution in [2.75, 3.05) is 5.73 Å². The second-order valence-corrected chi connectivity index (χ2v) is 7.23. The Kier molecular flexibility index (Phi) is 4.30. The second kappa shape index (κ2) is 5.84. The number of halogens is 2. The van der Waals surface area contributed by atoms with Gasteiger partial charge in [0.2, 0.25) is 0 Å². The number of sulfone groups is 1. The summed E-state index contributed by atoms with van der Waals surface area (Å²) in [7, 11) is -3.79. The second-order valence-electron chi connectivity index (χ2n) is 4.35. The van der Waals surface area contributed by atoms with Gasteiger partial charge >= 0.3 is 0 Å². The highest BCUT2D eigenvalue weighted by Crippen LogP contribution is 2.27. The van der Waals surface area contributed by atoms with Gasteiger partial charge in [0, 0.05) is 4.47 Å². The van der Waals surface area contributed by atoms with Gasteiger partial charge in [0.1, 0.15) is 5.82 Å². The molecule has 2 aromatic carbocycles. The number of nitrogens with zero attached hydrogens (tertiary/aromatic N) is 1. The number of rotatable bonds is 3. The van der Waals surface area contributed by atoms with Gasteiger partial charge in [-0.15, -0.1) is 0 Å². The molecule has 0 aliphatic heterocycles. The van der Waals surface area contributed by atoms with Gasteiger partial charge in [0.25, 0.3) is 0 Å². The van der Waals surface area contributed by atoms with E-state index in [1.807, 2.05) is 6.07 Å². The van der Waals surface area contributed by atoms with Gasteiger partial charge in [-0.05, 0) is 42.0 Å². The van der Waals surface area contributed by atoms with Crippen LogP contribution in [0.5, 0.6) is 0 Å². The molecule has 2 aromatic rings. The van der Waals surface area contributed by atoms with Crippen molar-refractivity contribution in [1.82, 2.24) is 0 Å². The Morgan fingerprint density at radius 2 is 1.95 bits per heavy atom. The molecule has 21 heavy (non-hydrogen) atoms. The lowest BCUT2D eigenvalue weighted by Crippen LogP contribution is -2.09. The zero-order valence-corrected chi connectivity index (χ0v) is 13.1. The zero-order valence-electron chi connectivity index (χ0n) is 10.7. The lowest BCUT2D eigenvalue weighted by molar-refractivity contribution is 0.595. The molecular weight excluding hydrogens is 359 g/mol. The predicted molar refractivity (Wildman–Crippen MR) is 80.6 cm³/mol. The normalized spacial score (nSPS) is 11.1. The highest BCUT2D eigenvalue weighted by molar-refractivity contribution is 9.10. The van der Waals surface area contributed by atoms with E-state index in [0.717, 1.165) is 12.1 Å². The van der Waals surface area contributed by atoms with Crippen molar-refractivity contribution in [1.29, 1.82) is 5.26 Å². The smallest absolute Gasteiger partial charge is 0.184 e. The van der Waals surface area contributed by atoms with Gasteiger partial charge in [-0.1, -0.05) is 15.9 Å².